The number of fused-ring (bicyclic) bond motifs is 4. The number of anilines is 1. The summed E-state index contributed by atoms with van der Waals surface area (Å²) in [7, 11) is 0. The Kier molecular flexibility index (Phi) is 3.97. The van der Waals surface area contributed by atoms with Crippen molar-refractivity contribution >= 4 is 35.0 Å². The third-order valence-electron chi connectivity index (χ3n) is 5.85. The van der Waals surface area contributed by atoms with Gasteiger partial charge < -0.3 is 9.64 Å². The molecule has 2 aromatic heterocycles. The van der Waals surface area contributed by atoms with Gasteiger partial charge >= 0.3 is 6.03 Å². The molecule has 0 aliphatic carbocycles. The number of amides is 4. The molecule has 2 aromatic rings. The van der Waals surface area contributed by atoms with Gasteiger partial charge in [0.1, 0.15) is 5.82 Å². The summed E-state index contributed by atoms with van der Waals surface area (Å²) in [6.07, 6.45) is 3.18. The molecule has 1 spiro atoms. The van der Waals surface area contributed by atoms with Crippen molar-refractivity contribution in [3.05, 3.63) is 29.5 Å². The van der Waals surface area contributed by atoms with E-state index in [0.717, 1.165) is 21.8 Å². The van der Waals surface area contributed by atoms with Gasteiger partial charge in [-0.25, -0.2) is 9.78 Å². The minimum Gasteiger partial charge on any atom is -0.372 e. The lowest BCUT2D eigenvalue weighted by Gasteiger charge is -2.54. The van der Waals surface area contributed by atoms with E-state index >= 15 is 0 Å². The Balaban J connectivity index is 1.69. The fourth-order valence-corrected chi connectivity index (χ4v) is 5.40. The number of nitrogens with one attached hydrogen (secondary N) is 2. The molecule has 5 rings (SSSR count). The highest BCUT2D eigenvalue weighted by Crippen LogP contribution is 2.46. The summed E-state index contributed by atoms with van der Waals surface area (Å²) >= 11 is 1.49. The van der Waals surface area contributed by atoms with E-state index in [0.29, 0.717) is 6.54 Å². The van der Waals surface area contributed by atoms with E-state index < -0.39 is 35.4 Å². The normalized spacial score (nSPS) is 27.9. The molecule has 2 fully saturated rings. The molecule has 0 saturated carbocycles. The zero-order valence-corrected chi connectivity index (χ0v) is 16.7. The van der Waals surface area contributed by atoms with Crippen LogP contribution in [0, 0.1) is 5.41 Å². The summed E-state index contributed by atoms with van der Waals surface area (Å²) in [6, 6.07) is 0.591. The van der Waals surface area contributed by atoms with E-state index in [-0.39, 0.29) is 12.5 Å². The molecule has 0 aromatic carbocycles. The number of carbonyl (C=O) groups excluding carboxylic acids is 3. The fraction of sp³-hybridized carbons (Fsp3) is 0.421. The zero-order chi connectivity index (χ0) is 20.3. The summed E-state index contributed by atoms with van der Waals surface area (Å²) < 4.78 is 5.98. The molecule has 3 atom stereocenters. The van der Waals surface area contributed by atoms with E-state index in [4.69, 9.17) is 9.72 Å². The molecule has 3 aliphatic heterocycles. The van der Waals surface area contributed by atoms with Crippen molar-refractivity contribution < 1.29 is 19.1 Å². The van der Waals surface area contributed by atoms with Crippen LogP contribution >= 0.6 is 11.3 Å². The fourth-order valence-electron chi connectivity index (χ4n) is 4.80. The monoisotopic (exact) mass is 413 g/mol. The second-order valence-corrected chi connectivity index (χ2v) is 8.59. The molecule has 3 aliphatic rings. The molecule has 0 radical (unpaired) electrons. The Morgan fingerprint density at radius 2 is 1.97 bits per heavy atom. The number of imide groups is 2. The van der Waals surface area contributed by atoms with Crippen LogP contribution < -0.4 is 15.5 Å². The van der Waals surface area contributed by atoms with Gasteiger partial charge in [0.05, 0.1) is 28.6 Å². The van der Waals surface area contributed by atoms with Gasteiger partial charge in [-0.05, 0) is 25.5 Å². The summed E-state index contributed by atoms with van der Waals surface area (Å²) in [5.74, 6) is -0.450. The summed E-state index contributed by atoms with van der Waals surface area (Å²) in [4.78, 5) is 49.7. The number of hydrogen-bond acceptors (Lipinski definition) is 8. The predicted molar refractivity (Wildman–Crippen MR) is 104 cm³/mol. The molecule has 9 nitrogen and oxygen atoms in total. The number of aromatic nitrogens is 2. The van der Waals surface area contributed by atoms with Crippen molar-refractivity contribution in [1.82, 2.24) is 20.6 Å². The molecule has 10 heteroatoms. The second kappa shape index (κ2) is 6.33. The van der Waals surface area contributed by atoms with Gasteiger partial charge in [-0.15, -0.1) is 11.3 Å². The van der Waals surface area contributed by atoms with E-state index in [1.54, 1.807) is 17.9 Å². The van der Waals surface area contributed by atoms with E-state index in [9.17, 15) is 14.4 Å². The van der Waals surface area contributed by atoms with Gasteiger partial charge in [-0.2, -0.15) is 0 Å². The third-order valence-corrected chi connectivity index (χ3v) is 6.67. The molecule has 0 unspecified atom stereocenters. The predicted octanol–water partition coefficient (Wildman–Crippen LogP) is 1.10. The highest BCUT2D eigenvalue weighted by molar-refractivity contribution is 7.13. The number of thiazole rings is 1. The molecule has 29 heavy (non-hydrogen) atoms. The highest BCUT2D eigenvalue weighted by Gasteiger charge is 2.63. The molecule has 150 valence electrons. The van der Waals surface area contributed by atoms with Crippen LogP contribution in [0.3, 0.4) is 0 Å². The van der Waals surface area contributed by atoms with E-state index in [2.05, 4.69) is 15.6 Å². The maximum absolute atomic E-state index is 13.1. The summed E-state index contributed by atoms with van der Waals surface area (Å²) in [5, 5.41) is 4.58. The Hall–Kier alpha value is -2.85. The van der Waals surface area contributed by atoms with Gasteiger partial charge in [0.2, 0.25) is 11.8 Å². The Labute approximate surface area is 170 Å². The number of pyridine rings is 1. The van der Waals surface area contributed by atoms with Crippen molar-refractivity contribution in [3.8, 4) is 10.4 Å². The number of rotatable bonds is 1. The Morgan fingerprint density at radius 1 is 1.21 bits per heavy atom. The minimum atomic E-state index is -1.48. The minimum absolute atomic E-state index is 0.0939. The first kappa shape index (κ1) is 18.2. The van der Waals surface area contributed by atoms with Crippen LogP contribution in [0.4, 0.5) is 10.6 Å². The number of nitrogens with zero attached hydrogens (tertiary/aromatic N) is 3. The molecule has 2 N–H and O–H groups in total. The number of hydrogen-bond donors (Lipinski definition) is 2. The quantitative estimate of drug-likeness (QED) is 0.673. The molecule has 4 amide bonds. The van der Waals surface area contributed by atoms with Crippen LogP contribution in [0.1, 0.15) is 19.4 Å². The van der Waals surface area contributed by atoms with E-state index in [1.807, 2.05) is 24.8 Å². The van der Waals surface area contributed by atoms with Crippen LogP contribution in [-0.4, -0.2) is 52.6 Å². The standard InChI is InChI=1S/C19H19N5O4S/c1-9-7-24-14(10(2)28-9)19(16(25)22-18(27)23-17(19)26)4-11-3-12(5-21-15(11)24)13-6-20-8-29-13/h3,5-6,8-10,14H,4,7H2,1-2H3,(H2,22,23,25,26,27)/t9-,10+,14-/m1/s1. The number of ether oxygens (including phenoxy) is 1. The average molecular weight is 413 g/mol. The van der Waals surface area contributed by atoms with Crippen LogP contribution in [0.5, 0.6) is 0 Å². The van der Waals surface area contributed by atoms with Gasteiger partial charge in [-0.3, -0.25) is 25.2 Å². The van der Waals surface area contributed by atoms with Gasteiger partial charge in [0.15, 0.2) is 5.41 Å². The van der Waals surface area contributed by atoms with Crippen molar-refractivity contribution in [3.63, 3.8) is 0 Å². The van der Waals surface area contributed by atoms with Crippen LogP contribution in [0.25, 0.3) is 10.4 Å². The molecule has 0 bridgehead atoms. The number of urea groups is 1. The first-order valence-electron chi connectivity index (χ1n) is 9.37. The Bertz CT molecular complexity index is 1000. The molecular formula is C19H19N5O4S. The summed E-state index contributed by atoms with van der Waals surface area (Å²) in [5.41, 5.74) is 1.93. The van der Waals surface area contributed by atoms with Crippen molar-refractivity contribution in [2.75, 3.05) is 11.4 Å². The lowest BCUT2D eigenvalue weighted by Crippen LogP contribution is -2.75. The van der Waals surface area contributed by atoms with Crippen LogP contribution in [0.2, 0.25) is 0 Å². The van der Waals surface area contributed by atoms with Crippen molar-refractivity contribution in [2.24, 2.45) is 5.41 Å². The van der Waals surface area contributed by atoms with E-state index in [1.165, 1.54) is 11.3 Å². The zero-order valence-electron chi connectivity index (χ0n) is 15.8. The molecule has 5 heterocycles. The van der Waals surface area contributed by atoms with Crippen LogP contribution in [0.15, 0.2) is 24.0 Å². The molecular weight excluding hydrogens is 394 g/mol. The van der Waals surface area contributed by atoms with Crippen molar-refractivity contribution in [2.45, 2.75) is 38.5 Å². The lowest BCUT2D eigenvalue weighted by atomic mass is 9.67. The molecule has 2 saturated heterocycles. The number of morpholine rings is 1. The van der Waals surface area contributed by atoms with Gasteiger partial charge in [0.25, 0.3) is 0 Å². The average Bonchev–Trinajstić information content (AvgIpc) is 3.20. The third kappa shape index (κ3) is 2.59. The number of carbonyl (C=O) groups is 3. The first-order chi connectivity index (χ1) is 13.9. The van der Waals surface area contributed by atoms with Gasteiger partial charge in [-0.1, -0.05) is 0 Å². The lowest BCUT2D eigenvalue weighted by molar-refractivity contribution is -0.153. The number of barbiturate groups is 1. The highest BCUT2D eigenvalue weighted by atomic mass is 32.1. The SMILES string of the molecule is C[C@@H]1CN2c3ncc(-c4cncs4)cc3CC3(C(=O)NC(=O)NC3=O)[C@H]2[C@H](C)O1. The van der Waals surface area contributed by atoms with Crippen LogP contribution in [-0.2, 0) is 20.7 Å². The maximum Gasteiger partial charge on any atom is 0.328 e. The Morgan fingerprint density at radius 3 is 2.66 bits per heavy atom. The maximum atomic E-state index is 13.1. The second-order valence-electron chi connectivity index (χ2n) is 7.71. The smallest absolute Gasteiger partial charge is 0.328 e. The van der Waals surface area contributed by atoms with Gasteiger partial charge in [0, 0.05) is 30.9 Å². The van der Waals surface area contributed by atoms with Crippen molar-refractivity contribution in [1.29, 1.82) is 0 Å². The first-order valence-corrected chi connectivity index (χ1v) is 10.2. The largest absolute Gasteiger partial charge is 0.372 e. The summed E-state index contributed by atoms with van der Waals surface area (Å²) in [6.45, 7) is 4.29. The topological polar surface area (TPSA) is 114 Å².